The monoisotopic (exact) mass is 280 g/mol. The van der Waals surface area contributed by atoms with Gasteiger partial charge in [-0.3, -0.25) is 0 Å². The summed E-state index contributed by atoms with van der Waals surface area (Å²) in [6, 6.07) is 0. The fraction of sp³-hybridized carbons (Fsp3) is 1.00. The molecule has 0 aliphatic carbocycles. The highest BCUT2D eigenvalue weighted by molar-refractivity contribution is 4.77. The maximum Gasteiger partial charge on any atom is 0.00102 e. The average molecular weight is 280 g/mol. The number of nitrogens with zero attached hydrogens (tertiary/aromatic N) is 2. The number of hydrogen-bond donors (Lipinski definition) is 0. The predicted octanol–water partition coefficient (Wildman–Crippen LogP) is 3.87. The molecule has 2 fully saturated rings. The molecule has 2 unspecified atom stereocenters. The molecule has 0 N–H and O–H groups in total. The molecule has 2 nitrogen and oxygen atoms in total. The van der Waals surface area contributed by atoms with E-state index >= 15 is 0 Å². The summed E-state index contributed by atoms with van der Waals surface area (Å²) < 4.78 is 0. The van der Waals surface area contributed by atoms with Crippen LogP contribution in [0, 0.1) is 17.8 Å². The van der Waals surface area contributed by atoms with Crippen molar-refractivity contribution < 1.29 is 0 Å². The van der Waals surface area contributed by atoms with E-state index in [9.17, 15) is 0 Å². The normalized spacial score (nSPS) is 26.7. The lowest BCUT2D eigenvalue weighted by molar-refractivity contribution is 0.264. The first kappa shape index (κ1) is 16.3. The molecule has 0 radical (unpaired) electrons. The summed E-state index contributed by atoms with van der Waals surface area (Å²) in [5.41, 5.74) is 0. The third-order valence-electron chi connectivity index (χ3n) is 5.25. The SMILES string of the molecule is CC(C)CC1CCN(CCC(C)CCN2CCCC2)C1. The number of hydrogen-bond acceptors (Lipinski definition) is 2. The third-order valence-corrected chi connectivity index (χ3v) is 5.25. The van der Waals surface area contributed by atoms with Gasteiger partial charge in [0, 0.05) is 6.54 Å². The molecule has 0 bridgehead atoms. The van der Waals surface area contributed by atoms with Gasteiger partial charge in [-0.05, 0) is 89.0 Å². The van der Waals surface area contributed by atoms with Gasteiger partial charge in [0.15, 0.2) is 0 Å². The van der Waals surface area contributed by atoms with Gasteiger partial charge in [-0.2, -0.15) is 0 Å². The van der Waals surface area contributed by atoms with Gasteiger partial charge in [0.05, 0.1) is 0 Å². The minimum atomic E-state index is 0.874. The fourth-order valence-electron chi connectivity index (χ4n) is 3.93. The van der Waals surface area contributed by atoms with Gasteiger partial charge >= 0.3 is 0 Å². The van der Waals surface area contributed by atoms with Crippen molar-refractivity contribution in [3.63, 3.8) is 0 Å². The molecule has 0 aromatic carbocycles. The molecule has 0 spiro atoms. The van der Waals surface area contributed by atoms with Crippen LogP contribution < -0.4 is 0 Å². The molecule has 2 saturated heterocycles. The Kier molecular flexibility index (Phi) is 6.83. The molecule has 2 atom stereocenters. The standard InChI is InChI=1S/C18H36N2/c1-16(2)14-18-8-13-20(15-18)12-7-17(3)6-11-19-9-4-5-10-19/h16-18H,4-15H2,1-3H3. The predicted molar refractivity (Wildman–Crippen MR) is 88.1 cm³/mol. The Morgan fingerprint density at radius 3 is 2.20 bits per heavy atom. The second-order valence-electron chi connectivity index (χ2n) is 7.82. The number of rotatable bonds is 8. The van der Waals surface area contributed by atoms with Crippen molar-refractivity contribution in [1.29, 1.82) is 0 Å². The molecule has 2 rings (SSSR count). The number of likely N-dealkylation sites (tertiary alicyclic amines) is 2. The van der Waals surface area contributed by atoms with E-state index in [4.69, 9.17) is 0 Å². The van der Waals surface area contributed by atoms with Crippen LogP contribution in [-0.2, 0) is 0 Å². The maximum absolute atomic E-state index is 2.72. The van der Waals surface area contributed by atoms with Crippen LogP contribution in [-0.4, -0.2) is 49.1 Å². The van der Waals surface area contributed by atoms with Gasteiger partial charge in [-0.1, -0.05) is 20.8 Å². The zero-order valence-corrected chi connectivity index (χ0v) is 14.1. The van der Waals surface area contributed by atoms with Gasteiger partial charge in [0.2, 0.25) is 0 Å². The van der Waals surface area contributed by atoms with Crippen LogP contribution in [0.25, 0.3) is 0 Å². The maximum atomic E-state index is 2.72. The van der Waals surface area contributed by atoms with Crippen molar-refractivity contribution in [2.75, 3.05) is 39.3 Å². The van der Waals surface area contributed by atoms with E-state index in [-0.39, 0.29) is 0 Å². The Morgan fingerprint density at radius 2 is 1.55 bits per heavy atom. The van der Waals surface area contributed by atoms with Crippen molar-refractivity contribution in [3.8, 4) is 0 Å². The largest absolute Gasteiger partial charge is 0.303 e. The quantitative estimate of drug-likeness (QED) is 0.666. The van der Waals surface area contributed by atoms with Gasteiger partial charge in [-0.15, -0.1) is 0 Å². The summed E-state index contributed by atoms with van der Waals surface area (Å²) in [4.78, 5) is 5.38. The summed E-state index contributed by atoms with van der Waals surface area (Å²) in [6.07, 6.45) is 8.55. The smallest absolute Gasteiger partial charge is 0.00102 e. The molecule has 20 heavy (non-hydrogen) atoms. The molecule has 2 aliphatic rings. The van der Waals surface area contributed by atoms with Crippen LogP contribution >= 0.6 is 0 Å². The Bertz CT molecular complexity index is 258. The summed E-state index contributed by atoms with van der Waals surface area (Å²) in [5.74, 6) is 2.76. The molecular formula is C18H36N2. The zero-order valence-electron chi connectivity index (χ0n) is 14.1. The van der Waals surface area contributed by atoms with Gasteiger partial charge in [0.25, 0.3) is 0 Å². The Hall–Kier alpha value is -0.0800. The molecule has 2 heteroatoms. The van der Waals surface area contributed by atoms with Crippen molar-refractivity contribution in [1.82, 2.24) is 9.80 Å². The van der Waals surface area contributed by atoms with Crippen molar-refractivity contribution in [3.05, 3.63) is 0 Å². The van der Waals surface area contributed by atoms with E-state index < -0.39 is 0 Å². The molecule has 2 heterocycles. The lowest BCUT2D eigenvalue weighted by atomic mass is 9.97. The lowest BCUT2D eigenvalue weighted by Crippen LogP contribution is -2.25. The van der Waals surface area contributed by atoms with Crippen molar-refractivity contribution in [2.24, 2.45) is 17.8 Å². The van der Waals surface area contributed by atoms with E-state index in [0.29, 0.717) is 0 Å². The van der Waals surface area contributed by atoms with E-state index in [1.165, 1.54) is 77.8 Å². The minimum absolute atomic E-state index is 0.874. The van der Waals surface area contributed by atoms with Crippen molar-refractivity contribution >= 4 is 0 Å². The molecule has 2 aliphatic heterocycles. The first-order chi connectivity index (χ1) is 9.63. The topological polar surface area (TPSA) is 6.48 Å². The van der Waals surface area contributed by atoms with Crippen LogP contribution in [0.4, 0.5) is 0 Å². The van der Waals surface area contributed by atoms with Gasteiger partial charge in [-0.25, -0.2) is 0 Å². The molecule has 0 aromatic heterocycles. The van der Waals surface area contributed by atoms with E-state index in [2.05, 4.69) is 30.6 Å². The average Bonchev–Trinajstić information content (AvgIpc) is 3.04. The molecule has 0 aromatic rings. The first-order valence-corrected chi connectivity index (χ1v) is 9.08. The second-order valence-corrected chi connectivity index (χ2v) is 7.82. The first-order valence-electron chi connectivity index (χ1n) is 9.08. The summed E-state index contributed by atoms with van der Waals surface area (Å²) in [6.45, 7) is 15.3. The van der Waals surface area contributed by atoms with Crippen LogP contribution in [0.1, 0.15) is 59.3 Å². The summed E-state index contributed by atoms with van der Waals surface area (Å²) >= 11 is 0. The Morgan fingerprint density at radius 1 is 0.900 bits per heavy atom. The van der Waals surface area contributed by atoms with E-state index in [0.717, 1.165) is 17.8 Å². The summed E-state index contributed by atoms with van der Waals surface area (Å²) in [7, 11) is 0. The third kappa shape index (κ3) is 5.73. The molecule has 0 saturated carbocycles. The van der Waals surface area contributed by atoms with E-state index in [1.807, 2.05) is 0 Å². The highest BCUT2D eigenvalue weighted by Crippen LogP contribution is 2.24. The Labute approximate surface area is 126 Å². The Balaban J connectivity index is 1.53. The van der Waals surface area contributed by atoms with Crippen LogP contribution in [0.2, 0.25) is 0 Å². The van der Waals surface area contributed by atoms with Gasteiger partial charge < -0.3 is 9.80 Å². The lowest BCUT2D eigenvalue weighted by Gasteiger charge is -2.21. The molecular weight excluding hydrogens is 244 g/mol. The van der Waals surface area contributed by atoms with Crippen LogP contribution in [0.5, 0.6) is 0 Å². The molecule has 118 valence electrons. The zero-order chi connectivity index (χ0) is 14.4. The van der Waals surface area contributed by atoms with Crippen molar-refractivity contribution in [2.45, 2.75) is 59.3 Å². The minimum Gasteiger partial charge on any atom is -0.303 e. The highest BCUT2D eigenvalue weighted by Gasteiger charge is 2.23. The second kappa shape index (κ2) is 8.38. The molecule has 0 amide bonds. The fourth-order valence-corrected chi connectivity index (χ4v) is 3.93. The summed E-state index contributed by atoms with van der Waals surface area (Å²) in [5, 5.41) is 0. The van der Waals surface area contributed by atoms with E-state index in [1.54, 1.807) is 0 Å². The highest BCUT2D eigenvalue weighted by atomic mass is 15.1. The van der Waals surface area contributed by atoms with Crippen LogP contribution in [0.15, 0.2) is 0 Å². The van der Waals surface area contributed by atoms with Crippen LogP contribution in [0.3, 0.4) is 0 Å². The van der Waals surface area contributed by atoms with Gasteiger partial charge in [0.1, 0.15) is 0 Å².